The third-order valence-electron chi connectivity index (χ3n) is 3.31. The van der Waals surface area contributed by atoms with Gasteiger partial charge in [-0.3, -0.25) is 9.59 Å². The van der Waals surface area contributed by atoms with E-state index in [9.17, 15) is 22.8 Å². The second-order valence-corrected chi connectivity index (χ2v) is 5.44. The molecule has 1 aromatic rings. The van der Waals surface area contributed by atoms with Crippen molar-refractivity contribution < 1.29 is 22.8 Å². The van der Waals surface area contributed by atoms with E-state index in [1.54, 1.807) is 19.9 Å². The Morgan fingerprint density at radius 2 is 1.90 bits per heavy atom. The topological polar surface area (TPSA) is 61.2 Å². The smallest absolute Gasteiger partial charge is 0.274 e. The van der Waals surface area contributed by atoms with Crippen LogP contribution in [0.25, 0.3) is 0 Å². The number of nitrogens with zero attached hydrogens (tertiary/aromatic N) is 2. The second kappa shape index (κ2) is 4.58. The molecule has 1 heterocycles. The van der Waals surface area contributed by atoms with Crippen molar-refractivity contribution in [2.75, 3.05) is 4.90 Å². The highest BCUT2D eigenvalue weighted by Crippen LogP contribution is 2.38. The lowest BCUT2D eigenvalue weighted by Crippen LogP contribution is -2.33. The molecule has 1 aliphatic heterocycles. The van der Waals surface area contributed by atoms with Crippen LogP contribution < -0.4 is 4.90 Å². The number of alkyl halides is 3. The highest BCUT2D eigenvalue weighted by atomic mass is 19.4. The molecule has 4 nitrogen and oxygen atoms in total. The van der Waals surface area contributed by atoms with E-state index in [4.69, 9.17) is 5.26 Å². The van der Waals surface area contributed by atoms with Gasteiger partial charge in [-0.15, -0.1) is 0 Å². The van der Waals surface area contributed by atoms with Crippen LogP contribution in [0.2, 0.25) is 0 Å². The van der Waals surface area contributed by atoms with Gasteiger partial charge in [0.1, 0.15) is 6.07 Å². The molecule has 2 amide bonds. The van der Waals surface area contributed by atoms with Gasteiger partial charge in [0.25, 0.3) is 0 Å². The Balaban J connectivity index is 2.54. The number of benzene rings is 1. The minimum Gasteiger partial charge on any atom is -0.274 e. The summed E-state index contributed by atoms with van der Waals surface area (Å²) in [6.45, 7) is 3.15. The average molecular weight is 296 g/mol. The average Bonchev–Trinajstić information content (AvgIpc) is 2.56. The monoisotopic (exact) mass is 296 g/mol. The van der Waals surface area contributed by atoms with Crippen LogP contribution in [0.15, 0.2) is 18.2 Å². The lowest BCUT2D eigenvalue weighted by Gasteiger charge is -2.19. The minimum absolute atomic E-state index is 0.0439. The third-order valence-corrected chi connectivity index (χ3v) is 3.31. The molecule has 2 rings (SSSR count). The number of rotatable bonds is 1. The molecule has 0 radical (unpaired) electrons. The minimum atomic E-state index is -4.59. The van der Waals surface area contributed by atoms with Gasteiger partial charge < -0.3 is 0 Å². The summed E-state index contributed by atoms with van der Waals surface area (Å²) in [7, 11) is 0. The van der Waals surface area contributed by atoms with Crippen molar-refractivity contribution in [1.29, 1.82) is 5.26 Å². The van der Waals surface area contributed by atoms with Gasteiger partial charge in [0.05, 0.1) is 22.2 Å². The zero-order valence-corrected chi connectivity index (χ0v) is 11.3. The van der Waals surface area contributed by atoms with Crippen molar-refractivity contribution in [2.24, 2.45) is 5.41 Å². The molecule has 0 aliphatic carbocycles. The summed E-state index contributed by atoms with van der Waals surface area (Å²) in [5, 5.41) is 9.00. The second-order valence-electron chi connectivity index (χ2n) is 5.44. The van der Waals surface area contributed by atoms with Gasteiger partial charge in [0.2, 0.25) is 11.8 Å². The summed E-state index contributed by atoms with van der Waals surface area (Å²) in [4.78, 5) is 24.9. The van der Waals surface area contributed by atoms with E-state index >= 15 is 0 Å². The maximum absolute atomic E-state index is 12.6. The van der Waals surface area contributed by atoms with Gasteiger partial charge in [-0.1, -0.05) is 13.8 Å². The lowest BCUT2D eigenvalue weighted by atomic mass is 9.92. The zero-order valence-electron chi connectivity index (χ0n) is 11.3. The van der Waals surface area contributed by atoms with Crippen LogP contribution >= 0.6 is 0 Å². The van der Waals surface area contributed by atoms with Gasteiger partial charge in [-0.05, 0) is 18.2 Å². The van der Waals surface area contributed by atoms with Crippen LogP contribution in [0.1, 0.15) is 31.4 Å². The molecule has 0 N–H and O–H groups in total. The molecule has 110 valence electrons. The molecule has 1 saturated heterocycles. The van der Waals surface area contributed by atoms with Crippen LogP contribution in [-0.4, -0.2) is 11.8 Å². The van der Waals surface area contributed by atoms with Crippen LogP contribution in [0, 0.1) is 16.7 Å². The fourth-order valence-corrected chi connectivity index (χ4v) is 2.19. The first-order chi connectivity index (χ1) is 9.58. The Morgan fingerprint density at radius 1 is 1.29 bits per heavy atom. The van der Waals surface area contributed by atoms with Crippen molar-refractivity contribution in [3.8, 4) is 6.07 Å². The maximum atomic E-state index is 12.6. The lowest BCUT2D eigenvalue weighted by molar-refractivity contribution is -0.137. The molecule has 1 fully saturated rings. The van der Waals surface area contributed by atoms with Crippen molar-refractivity contribution in [2.45, 2.75) is 26.4 Å². The zero-order chi connectivity index (χ0) is 16.0. The number of halogens is 3. The summed E-state index contributed by atoms with van der Waals surface area (Å²) in [6.07, 6.45) is -4.64. The van der Waals surface area contributed by atoms with E-state index in [1.165, 1.54) is 0 Å². The molecule has 1 aromatic carbocycles. The normalized spacial score (nSPS) is 18.0. The summed E-state index contributed by atoms with van der Waals surface area (Å²) in [6, 6.07) is 3.98. The summed E-state index contributed by atoms with van der Waals surface area (Å²) in [5.41, 5.74) is -2.39. The molecule has 0 saturated carbocycles. The molecule has 0 aromatic heterocycles. The number of nitriles is 1. The van der Waals surface area contributed by atoms with Gasteiger partial charge in [-0.25, -0.2) is 4.90 Å². The SMILES string of the molecule is CC1(C)CC(=O)N(c2ccc(C(F)(F)F)cc2C#N)C1=O. The molecule has 21 heavy (non-hydrogen) atoms. The number of anilines is 1. The van der Waals surface area contributed by atoms with E-state index in [-0.39, 0.29) is 17.7 Å². The van der Waals surface area contributed by atoms with Crippen molar-refractivity contribution in [3.05, 3.63) is 29.3 Å². The molecule has 1 aliphatic rings. The number of hydrogen-bond donors (Lipinski definition) is 0. The van der Waals surface area contributed by atoms with Crippen molar-refractivity contribution in [1.82, 2.24) is 0 Å². The number of imide groups is 1. The Bertz CT molecular complexity index is 672. The van der Waals surface area contributed by atoms with E-state index in [1.807, 2.05) is 0 Å². The van der Waals surface area contributed by atoms with Crippen LogP contribution in [-0.2, 0) is 15.8 Å². The number of hydrogen-bond acceptors (Lipinski definition) is 3. The number of carbonyl (C=O) groups is 2. The first kappa shape index (κ1) is 15.0. The fourth-order valence-electron chi connectivity index (χ4n) is 2.19. The molecular weight excluding hydrogens is 285 g/mol. The van der Waals surface area contributed by atoms with Crippen LogP contribution in [0.5, 0.6) is 0 Å². The van der Waals surface area contributed by atoms with Crippen molar-refractivity contribution in [3.63, 3.8) is 0 Å². The molecule has 0 atom stereocenters. The first-order valence-corrected chi connectivity index (χ1v) is 6.06. The molecule has 7 heteroatoms. The van der Waals surface area contributed by atoms with E-state index in [2.05, 4.69) is 0 Å². The molecule has 0 bridgehead atoms. The number of amides is 2. The Morgan fingerprint density at radius 3 is 2.33 bits per heavy atom. The summed E-state index contributed by atoms with van der Waals surface area (Å²) >= 11 is 0. The van der Waals surface area contributed by atoms with E-state index in [0.29, 0.717) is 6.07 Å². The van der Waals surface area contributed by atoms with Crippen molar-refractivity contribution >= 4 is 17.5 Å². The predicted octanol–water partition coefficient (Wildman–Crippen LogP) is 2.87. The quantitative estimate of drug-likeness (QED) is 0.749. The Kier molecular flexibility index (Phi) is 3.28. The fraction of sp³-hybridized carbons (Fsp3) is 0.357. The van der Waals surface area contributed by atoms with Crippen LogP contribution in [0.3, 0.4) is 0 Å². The van der Waals surface area contributed by atoms with Crippen LogP contribution in [0.4, 0.5) is 18.9 Å². The molecule has 0 unspecified atom stereocenters. The third kappa shape index (κ3) is 2.49. The first-order valence-electron chi connectivity index (χ1n) is 6.06. The summed E-state index contributed by atoms with van der Waals surface area (Å²) in [5.74, 6) is -1.05. The molecular formula is C14H11F3N2O2. The van der Waals surface area contributed by atoms with Gasteiger partial charge in [0.15, 0.2) is 0 Å². The Hall–Kier alpha value is -2.36. The van der Waals surface area contributed by atoms with E-state index in [0.717, 1.165) is 17.0 Å². The maximum Gasteiger partial charge on any atom is 0.416 e. The molecule has 0 spiro atoms. The van der Waals surface area contributed by atoms with E-state index < -0.39 is 29.0 Å². The number of carbonyl (C=O) groups excluding carboxylic acids is 2. The highest BCUT2D eigenvalue weighted by molar-refractivity contribution is 6.22. The van der Waals surface area contributed by atoms with Gasteiger partial charge in [-0.2, -0.15) is 18.4 Å². The van der Waals surface area contributed by atoms with Gasteiger partial charge >= 0.3 is 6.18 Å². The highest BCUT2D eigenvalue weighted by Gasteiger charge is 2.46. The summed E-state index contributed by atoms with van der Waals surface area (Å²) < 4.78 is 37.9. The largest absolute Gasteiger partial charge is 0.416 e. The standard InChI is InChI=1S/C14H11F3N2O2/c1-13(2)6-11(20)19(12(13)21)10-4-3-9(14(15,16)17)5-8(10)7-18/h3-5H,6H2,1-2H3. The predicted molar refractivity (Wildman–Crippen MR) is 67.1 cm³/mol. The Labute approximate surface area is 118 Å². The van der Waals surface area contributed by atoms with Gasteiger partial charge in [0, 0.05) is 6.42 Å².